The Morgan fingerprint density at radius 1 is 0.697 bits per heavy atom. The van der Waals surface area contributed by atoms with Crippen molar-refractivity contribution in [3.63, 3.8) is 0 Å². The minimum atomic E-state index is -2.22. The first-order chi connectivity index (χ1) is 17.2. The Balaban J connectivity index is 1.63. The van der Waals surface area contributed by atoms with E-state index in [1.807, 2.05) is 48.0 Å². The summed E-state index contributed by atoms with van der Waals surface area (Å²) < 4.78 is 32.7. The first-order valence-electron chi connectivity index (χ1n) is 12.7. The summed E-state index contributed by atoms with van der Waals surface area (Å²) in [4.78, 5) is 0. The molecule has 0 saturated carbocycles. The van der Waals surface area contributed by atoms with Crippen LogP contribution in [0.1, 0.15) is 20.8 Å². The third-order valence-electron chi connectivity index (χ3n) is 6.67. The third kappa shape index (κ3) is 3.06. The molecule has 0 aliphatic rings. The summed E-state index contributed by atoms with van der Waals surface area (Å²) in [6, 6.07) is 26.6. The first kappa shape index (κ1) is 16.7. The molecule has 0 fully saturated rings. The summed E-state index contributed by atoms with van der Waals surface area (Å²) in [7, 11) is 1.90. The van der Waals surface area contributed by atoms with Gasteiger partial charge in [-0.1, -0.05) is 54.6 Å². The fourth-order valence-electron chi connectivity index (χ4n) is 5.02. The third-order valence-corrected chi connectivity index (χ3v) is 6.67. The van der Waals surface area contributed by atoms with Gasteiger partial charge < -0.3 is 4.42 Å². The number of aryl methyl sites for hydroxylation is 4. The molecular formula is C31H26NO+. The second-order valence-corrected chi connectivity index (χ2v) is 8.84. The van der Waals surface area contributed by atoms with E-state index in [9.17, 15) is 0 Å². The summed E-state index contributed by atoms with van der Waals surface area (Å²) >= 11 is 0. The van der Waals surface area contributed by atoms with Crippen LogP contribution in [0.4, 0.5) is 0 Å². The maximum Gasteiger partial charge on any atom is 0.213 e. The summed E-state index contributed by atoms with van der Waals surface area (Å²) in [5.74, 6) is 0. The Labute approximate surface area is 197 Å². The highest BCUT2D eigenvalue weighted by atomic mass is 16.3. The van der Waals surface area contributed by atoms with E-state index in [1.165, 1.54) is 16.3 Å². The van der Waals surface area contributed by atoms with E-state index in [-0.39, 0.29) is 0 Å². The molecule has 2 heteroatoms. The smallest absolute Gasteiger partial charge is 0.213 e. The van der Waals surface area contributed by atoms with E-state index in [0.717, 1.165) is 49.9 Å². The molecule has 0 amide bonds. The van der Waals surface area contributed by atoms with Gasteiger partial charge in [-0.05, 0) is 71.9 Å². The van der Waals surface area contributed by atoms with E-state index in [4.69, 9.17) is 8.53 Å². The minimum absolute atomic E-state index is 0.337. The summed E-state index contributed by atoms with van der Waals surface area (Å²) in [6.07, 6.45) is 1.74. The Kier molecular flexibility index (Phi) is 3.70. The Morgan fingerprint density at radius 3 is 2.24 bits per heavy atom. The zero-order valence-electron chi connectivity index (χ0n) is 21.9. The average Bonchev–Trinajstić information content (AvgIpc) is 3.20. The van der Waals surface area contributed by atoms with Gasteiger partial charge in [-0.25, -0.2) is 4.57 Å². The maximum absolute atomic E-state index is 8.14. The fraction of sp³-hybridized carbons (Fsp3) is 0.129. The van der Waals surface area contributed by atoms with Gasteiger partial charge in [0.2, 0.25) is 5.69 Å². The average molecular weight is 432 g/mol. The molecule has 6 aromatic rings. The van der Waals surface area contributed by atoms with Crippen LogP contribution in [0.5, 0.6) is 0 Å². The summed E-state index contributed by atoms with van der Waals surface area (Å²) in [5, 5.41) is 4.64. The Bertz CT molecular complexity index is 1800. The lowest BCUT2D eigenvalue weighted by molar-refractivity contribution is -0.660. The lowest BCUT2D eigenvalue weighted by Crippen LogP contribution is -2.31. The SMILES string of the molecule is [2H]C([2H])([2H])c1c[n+](C)c(-c2cc3oc4cc(C)c5ccccc5c4c3cc2C)cc1-c1ccccc1. The molecule has 160 valence electrons. The van der Waals surface area contributed by atoms with Crippen molar-refractivity contribution >= 4 is 32.7 Å². The molecule has 0 atom stereocenters. The molecule has 2 heterocycles. The Morgan fingerprint density at radius 2 is 1.45 bits per heavy atom. The monoisotopic (exact) mass is 431 g/mol. The van der Waals surface area contributed by atoms with Gasteiger partial charge in [0.1, 0.15) is 18.2 Å². The maximum atomic E-state index is 8.14. The highest BCUT2D eigenvalue weighted by molar-refractivity contribution is 6.20. The highest BCUT2D eigenvalue weighted by Gasteiger charge is 2.20. The second-order valence-electron chi connectivity index (χ2n) is 8.84. The first-order valence-corrected chi connectivity index (χ1v) is 11.2. The van der Waals surface area contributed by atoms with Crippen LogP contribution in [0.25, 0.3) is 55.1 Å². The van der Waals surface area contributed by atoms with Crippen LogP contribution in [0.2, 0.25) is 0 Å². The molecule has 0 aliphatic heterocycles. The number of hydrogen-bond acceptors (Lipinski definition) is 1. The fourth-order valence-corrected chi connectivity index (χ4v) is 5.02. The number of fused-ring (bicyclic) bond motifs is 5. The standard InChI is InChI=1S/C31H26NO/c1-19-14-27-29(33-30-15-20(2)23-12-8-9-13-24(23)31(27)30)17-26(19)28-16-25(21(3)18-32(28)4)22-10-6-5-7-11-22/h5-18H,1-4H3/q+1/i3D3. The van der Waals surface area contributed by atoms with Crippen molar-refractivity contribution in [1.82, 2.24) is 0 Å². The molecule has 4 aromatic carbocycles. The molecule has 0 unspecified atom stereocenters. The zero-order valence-corrected chi connectivity index (χ0v) is 18.9. The minimum Gasteiger partial charge on any atom is -0.456 e. The van der Waals surface area contributed by atoms with Crippen LogP contribution in [0.3, 0.4) is 0 Å². The van der Waals surface area contributed by atoms with Crippen molar-refractivity contribution in [3.05, 3.63) is 102 Å². The van der Waals surface area contributed by atoms with E-state index in [1.54, 1.807) is 6.20 Å². The van der Waals surface area contributed by atoms with Crippen molar-refractivity contribution in [1.29, 1.82) is 0 Å². The topological polar surface area (TPSA) is 17.0 Å². The van der Waals surface area contributed by atoms with Gasteiger partial charge >= 0.3 is 0 Å². The molecule has 0 spiro atoms. The van der Waals surface area contributed by atoms with E-state index < -0.39 is 6.85 Å². The van der Waals surface area contributed by atoms with Crippen molar-refractivity contribution in [2.24, 2.45) is 7.05 Å². The van der Waals surface area contributed by atoms with Gasteiger partial charge in [0.25, 0.3) is 0 Å². The molecule has 0 bridgehead atoms. The van der Waals surface area contributed by atoms with Crippen LogP contribution in [-0.2, 0) is 7.05 Å². The van der Waals surface area contributed by atoms with Crippen LogP contribution >= 0.6 is 0 Å². The lowest BCUT2D eigenvalue weighted by atomic mass is 9.95. The molecule has 0 aliphatic carbocycles. The van der Waals surface area contributed by atoms with Gasteiger partial charge in [0.05, 0.1) is 5.56 Å². The molecule has 6 rings (SSSR count). The van der Waals surface area contributed by atoms with Gasteiger partial charge in [0.15, 0.2) is 6.20 Å². The Hall–Kier alpha value is -3.91. The summed E-state index contributed by atoms with van der Waals surface area (Å²) in [5.41, 5.74) is 7.88. The van der Waals surface area contributed by atoms with Gasteiger partial charge in [0, 0.05) is 26.5 Å². The normalized spacial score (nSPS) is 13.4. The number of pyridine rings is 1. The quantitative estimate of drug-likeness (QED) is 0.255. The van der Waals surface area contributed by atoms with Gasteiger partial charge in [-0.3, -0.25) is 0 Å². The van der Waals surface area contributed by atoms with Crippen LogP contribution in [0.15, 0.2) is 89.5 Å². The van der Waals surface area contributed by atoms with Crippen LogP contribution in [0, 0.1) is 20.7 Å². The molecular weight excluding hydrogens is 402 g/mol. The van der Waals surface area contributed by atoms with E-state index in [2.05, 4.69) is 56.3 Å². The molecule has 0 saturated heterocycles. The second kappa shape index (κ2) is 7.31. The number of aromatic nitrogens is 1. The number of nitrogens with zero attached hydrogens (tertiary/aromatic N) is 1. The van der Waals surface area contributed by atoms with Gasteiger partial charge in [-0.2, -0.15) is 0 Å². The van der Waals surface area contributed by atoms with Crippen LogP contribution < -0.4 is 4.57 Å². The molecule has 2 nitrogen and oxygen atoms in total. The van der Waals surface area contributed by atoms with E-state index >= 15 is 0 Å². The molecule has 33 heavy (non-hydrogen) atoms. The predicted molar refractivity (Wildman–Crippen MR) is 137 cm³/mol. The van der Waals surface area contributed by atoms with Crippen molar-refractivity contribution in [2.75, 3.05) is 0 Å². The number of furan rings is 1. The number of rotatable bonds is 2. The molecule has 0 N–H and O–H groups in total. The van der Waals surface area contributed by atoms with Crippen molar-refractivity contribution in [3.8, 4) is 22.4 Å². The van der Waals surface area contributed by atoms with Crippen molar-refractivity contribution in [2.45, 2.75) is 20.7 Å². The summed E-state index contributed by atoms with van der Waals surface area (Å²) in [6.45, 7) is 1.99. The number of hydrogen-bond donors (Lipinski definition) is 0. The predicted octanol–water partition coefficient (Wildman–Crippen LogP) is 7.82. The van der Waals surface area contributed by atoms with E-state index in [0.29, 0.717) is 5.56 Å². The largest absolute Gasteiger partial charge is 0.456 e. The van der Waals surface area contributed by atoms with Crippen LogP contribution in [-0.4, -0.2) is 0 Å². The number of benzene rings is 4. The molecule has 2 aromatic heterocycles. The van der Waals surface area contributed by atoms with Crippen molar-refractivity contribution < 1.29 is 13.1 Å². The zero-order chi connectivity index (χ0) is 25.2. The van der Waals surface area contributed by atoms with Gasteiger partial charge in [-0.15, -0.1) is 0 Å². The highest BCUT2D eigenvalue weighted by Crippen LogP contribution is 2.39. The molecule has 0 radical (unpaired) electrons. The lowest BCUT2D eigenvalue weighted by Gasteiger charge is -2.10.